The first-order valence-corrected chi connectivity index (χ1v) is 8.69. The standard InChI is InChI=1S/C18H23N3O3/c1-12-16(22)20-14-4-2-3-13(15(14)24-12)17(23)21-9-6-18(7-10-21)5-8-19-11-18/h2-4,12,19H,5-11H2,1H3,(H,20,22). The van der Waals surface area contributed by atoms with Crippen molar-refractivity contribution in [2.45, 2.75) is 32.3 Å². The van der Waals surface area contributed by atoms with Crippen LogP contribution in [0.1, 0.15) is 36.5 Å². The molecule has 128 valence electrons. The van der Waals surface area contributed by atoms with E-state index in [0.717, 1.165) is 39.0 Å². The van der Waals surface area contributed by atoms with Crippen LogP contribution >= 0.6 is 0 Å². The molecule has 0 aliphatic carbocycles. The fraction of sp³-hybridized carbons (Fsp3) is 0.556. The Hall–Kier alpha value is -2.08. The summed E-state index contributed by atoms with van der Waals surface area (Å²) in [7, 11) is 0. The molecule has 3 heterocycles. The van der Waals surface area contributed by atoms with Gasteiger partial charge in [0.15, 0.2) is 11.9 Å². The van der Waals surface area contributed by atoms with Gasteiger partial charge in [0, 0.05) is 19.6 Å². The molecule has 3 aliphatic rings. The average molecular weight is 329 g/mol. The predicted molar refractivity (Wildman–Crippen MR) is 90.2 cm³/mol. The van der Waals surface area contributed by atoms with E-state index >= 15 is 0 Å². The highest BCUT2D eigenvalue weighted by molar-refractivity contribution is 6.04. The molecule has 2 fully saturated rings. The minimum absolute atomic E-state index is 0.00370. The third kappa shape index (κ3) is 2.55. The number of nitrogens with one attached hydrogen (secondary N) is 2. The second kappa shape index (κ2) is 5.77. The SMILES string of the molecule is CC1Oc2c(cccc2C(=O)N2CCC3(CCNC3)CC2)NC1=O. The van der Waals surface area contributed by atoms with Crippen molar-refractivity contribution in [1.29, 1.82) is 0 Å². The van der Waals surface area contributed by atoms with Gasteiger partial charge in [-0.05, 0) is 50.3 Å². The van der Waals surface area contributed by atoms with Crippen molar-refractivity contribution in [3.05, 3.63) is 23.8 Å². The molecule has 2 N–H and O–H groups in total. The zero-order chi connectivity index (χ0) is 16.7. The van der Waals surface area contributed by atoms with Crippen LogP contribution in [0.4, 0.5) is 5.69 Å². The Morgan fingerprint density at radius 1 is 1.29 bits per heavy atom. The maximum absolute atomic E-state index is 13.0. The van der Waals surface area contributed by atoms with Crippen molar-refractivity contribution < 1.29 is 14.3 Å². The Labute approximate surface area is 141 Å². The molecule has 1 atom stereocenters. The van der Waals surface area contributed by atoms with Crippen LogP contribution in [0.25, 0.3) is 0 Å². The van der Waals surface area contributed by atoms with Crippen molar-refractivity contribution in [1.82, 2.24) is 10.2 Å². The maximum Gasteiger partial charge on any atom is 0.265 e. The van der Waals surface area contributed by atoms with E-state index in [9.17, 15) is 9.59 Å². The summed E-state index contributed by atoms with van der Waals surface area (Å²) in [6.07, 6.45) is 2.73. The summed E-state index contributed by atoms with van der Waals surface area (Å²) in [4.78, 5) is 26.6. The van der Waals surface area contributed by atoms with E-state index in [4.69, 9.17) is 4.74 Å². The summed E-state index contributed by atoms with van der Waals surface area (Å²) in [6, 6.07) is 5.34. The predicted octanol–water partition coefficient (Wildman–Crippen LogP) is 1.62. The van der Waals surface area contributed by atoms with Crippen LogP contribution in [-0.4, -0.2) is 49.0 Å². The van der Waals surface area contributed by atoms with Crippen LogP contribution in [0.3, 0.4) is 0 Å². The number of piperidine rings is 1. The Morgan fingerprint density at radius 3 is 2.79 bits per heavy atom. The molecule has 1 unspecified atom stereocenters. The number of nitrogens with zero attached hydrogens (tertiary/aromatic N) is 1. The highest BCUT2D eigenvalue weighted by Gasteiger charge is 2.39. The highest BCUT2D eigenvalue weighted by Crippen LogP contribution is 2.39. The number of hydrogen-bond donors (Lipinski definition) is 2. The summed E-state index contributed by atoms with van der Waals surface area (Å²) in [5, 5.41) is 6.25. The van der Waals surface area contributed by atoms with Crippen LogP contribution in [0.5, 0.6) is 5.75 Å². The zero-order valence-electron chi connectivity index (χ0n) is 13.9. The number of para-hydroxylation sites is 1. The first-order valence-electron chi connectivity index (χ1n) is 8.69. The molecule has 1 aromatic carbocycles. The molecule has 0 bridgehead atoms. The van der Waals surface area contributed by atoms with Gasteiger partial charge in [-0.15, -0.1) is 0 Å². The molecule has 1 spiro atoms. The van der Waals surface area contributed by atoms with Gasteiger partial charge in [-0.1, -0.05) is 6.07 Å². The quantitative estimate of drug-likeness (QED) is 0.821. The summed E-state index contributed by atoms with van der Waals surface area (Å²) >= 11 is 0. The average Bonchev–Trinajstić information content (AvgIpc) is 3.04. The number of carbonyl (C=O) groups is 2. The number of benzene rings is 1. The second-order valence-electron chi connectivity index (χ2n) is 7.15. The fourth-order valence-corrected chi connectivity index (χ4v) is 3.97. The van der Waals surface area contributed by atoms with Gasteiger partial charge < -0.3 is 20.3 Å². The molecule has 6 heteroatoms. The third-order valence-corrected chi connectivity index (χ3v) is 5.61. The molecule has 4 rings (SSSR count). The smallest absolute Gasteiger partial charge is 0.265 e. The first kappa shape index (κ1) is 15.4. The summed E-state index contributed by atoms with van der Waals surface area (Å²) in [5.41, 5.74) is 1.50. The van der Waals surface area contributed by atoms with Gasteiger partial charge in [0.25, 0.3) is 11.8 Å². The van der Waals surface area contributed by atoms with Gasteiger partial charge >= 0.3 is 0 Å². The fourth-order valence-electron chi connectivity index (χ4n) is 3.97. The van der Waals surface area contributed by atoms with E-state index in [1.807, 2.05) is 4.90 Å². The molecule has 0 aromatic heterocycles. The second-order valence-corrected chi connectivity index (χ2v) is 7.15. The zero-order valence-corrected chi connectivity index (χ0v) is 13.9. The van der Waals surface area contributed by atoms with Crippen molar-refractivity contribution in [3.8, 4) is 5.75 Å². The van der Waals surface area contributed by atoms with Crippen LogP contribution in [0.2, 0.25) is 0 Å². The molecule has 3 aliphatic heterocycles. The minimum Gasteiger partial charge on any atom is -0.478 e. The van der Waals surface area contributed by atoms with E-state index in [1.54, 1.807) is 25.1 Å². The van der Waals surface area contributed by atoms with Crippen molar-refractivity contribution in [3.63, 3.8) is 0 Å². The topological polar surface area (TPSA) is 70.7 Å². The number of hydrogen-bond acceptors (Lipinski definition) is 4. The highest BCUT2D eigenvalue weighted by atomic mass is 16.5. The van der Waals surface area contributed by atoms with Gasteiger partial charge in [-0.2, -0.15) is 0 Å². The van der Waals surface area contributed by atoms with Crippen LogP contribution < -0.4 is 15.4 Å². The van der Waals surface area contributed by atoms with Gasteiger partial charge in [0.05, 0.1) is 11.3 Å². The Balaban J connectivity index is 1.53. The number of amides is 2. The number of rotatable bonds is 1. The number of anilines is 1. The van der Waals surface area contributed by atoms with E-state index < -0.39 is 6.10 Å². The summed E-state index contributed by atoms with van der Waals surface area (Å²) < 4.78 is 5.71. The van der Waals surface area contributed by atoms with E-state index in [2.05, 4.69) is 10.6 Å². The molecule has 2 amide bonds. The third-order valence-electron chi connectivity index (χ3n) is 5.61. The molecular formula is C18H23N3O3. The van der Waals surface area contributed by atoms with Crippen molar-refractivity contribution in [2.24, 2.45) is 5.41 Å². The molecule has 1 aromatic rings. The first-order chi connectivity index (χ1) is 11.6. The van der Waals surface area contributed by atoms with E-state index in [0.29, 0.717) is 22.4 Å². The Kier molecular flexibility index (Phi) is 3.72. The molecule has 24 heavy (non-hydrogen) atoms. The normalized spacial score (nSPS) is 25.1. The number of carbonyl (C=O) groups excluding carboxylic acids is 2. The lowest BCUT2D eigenvalue weighted by Crippen LogP contribution is -2.44. The lowest BCUT2D eigenvalue weighted by molar-refractivity contribution is -0.122. The van der Waals surface area contributed by atoms with Gasteiger partial charge in [0.1, 0.15) is 0 Å². The van der Waals surface area contributed by atoms with Gasteiger partial charge in [0.2, 0.25) is 0 Å². The van der Waals surface area contributed by atoms with E-state index in [-0.39, 0.29) is 11.8 Å². The summed E-state index contributed by atoms with van der Waals surface area (Å²) in [5.74, 6) is 0.314. The van der Waals surface area contributed by atoms with Crippen molar-refractivity contribution in [2.75, 3.05) is 31.5 Å². The lowest BCUT2D eigenvalue weighted by Gasteiger charge is -2.39. The Morgan fingerprint density at radius 2 is 2.08 bits per heavy atom. The van der Waals surface area contributed by atoms with Crippen LogP contribution in [0, 0.1) is 5.41 Å². The Bertz CT molecular complexity index is 672. The number of fused-ring (bicyclic) bond motifs is 1. The lowest BCUT2D eigenvalue weighted by atomic mass is 9.78. The molecule has 2 saturated heterocycles. The maximum atomic E-state index is 13.0. The minimum atomic E-state index is -0.583. The number of ether oxygens (including phenoxy) is 1. The molecule has 6 nitrogen and oxygen atoms in total. The van der Waals surface area contributed by atoms with E-state index in [1.165, 1.54) is 6.42 Å². The van der Waals surface area contributed by atoms with Gasteiger partial charge in [-0.3, -0.25) is 9.59 Å². The van der Waals surface area contributed by atoms with Crippen LogP contribution in [-0.2, 0) is 4.79 Å². The largest absolute Gasteiger partial charge is 0.478 e. The monoisotopic (exact) mass is 329 g/mol. The molecule has 0 radical (unpaired) electrons. The van der Waals surface area contributed by atoms with Crippen molar-refractivity contribution >= 4 is 17.5 Å². The van der Waals surface area contributed by atoms with Gasteiger partial charge in [-0.25, -0.2) is 0 Å². The van der Waals surface area contributed by atoms with Crippen LogP contribution in [0.15, 0.2) is 18.2 Å². The molecule has 0 saturated carbocycles. The molecular weight excluding hydrogens is 306 g/mol. The number of likely N-dealkylation sites (tertiary alicyclic amines) is 1. The summed E-state index contributed by atoms with van der Waals surface area (Å²) in [6.45, 7) is 5.42.